The molecule has 1 amide bonds. The van der Waals surface area contributed by atoms with E-state index in [0.717, 1.165) is 27.1 Å². The van der Waals surface area contributed by atoms with E-state index in [1.165, 1.54) is 11.8 Å². The molecule has 1 N–H and O–H groups in total. The second-order valence-corrected chi connectivity index (χ2v) is 6.21. The highest BCUT2D eigenvalue weighted by Crippen LogP contribution is 2.25. The van der Waals surface area contributed by atoms with Crippen LogP contribution >= 0.6 is 11.8 Å². The third kappa shape index (κ3) is 4.58. The van der Waals surface area contributed by atoms with Crippen LogP contribution in [-0.4, -0.2) is 30.0 Å². The van der Waals surface area contributed by atoms with Crippen molar-refractivity contribution in [1.82, 2.24) is 10.4 Å². The van der Waals surface area contributed by atoms with E-state index in [4.69, 9.17) is 4.74 Å². The molecule has 0 bridgehead atoms. The summed E-state index contributed by atoms with van der Waals surface area (Å²) in [7, 11) is 1.61. The maximum atomic E-state index is 12.0. The second-order valence-electron chi connectivity index (χ2n) is 5.19. The molecule has 3 aromatic rings. The van der Waals surface area contributed by atoms with Gasteiger partial charge < -0.3 is 4.74 Å². The van der Waals surface area contributed by atoms with Crippen LogP contribution in [0.2, 0.25) is 0 Å². The number of para-hydroxylation sites is 1. The van der Waals surface area contributed by atoms with Crippen molar-refractivity contribution in [1.29, 1.82) is 0 Å². The van der Waals surface area contributed by atoms with Gasteiger partial charge in [0, 0.05) is 16.5 Å². The molecule has 0 aliphatic heterocycles. The highest BCUT2D eigenvalue weighted by Gasteiger charge is 2.06. The first-order valence-electron chi connectivity index (χ1n) is 7.69. The third-order valence-electron chi connectivity index (χ3n) is 3.45. The first-order chi connectivity index (χ1) is 12.3. The van der Waals surface area contributed by atoms with Gasteiger partial charge in [0.05, 0.1) is 24.6 Å². The molecule has 0 atom stereocenters. The van der Waals surface area contributed by atoms with Gasteiger partial charge >= 0.3 is 0 Å². The summed E-state index contributed by atoms with van der Waals surface area (Å²) >= 11 is 1.44. The van der Waals surface area contributed by atoms with Crippen LogP contribution in [0.5, 0.6) is 5.75 Å². The predicted octanol–water partition coefficient (Wildman–Crippen LogP) is 3.49. The van der Waals surface area contributed by atoms with E-state index in [-0.39, 0.29) is 11.7 Å². The number of nitrogens with zero attached hydrogens (tertiary/aromatic N) is 2. The van der Waals surface area contributed by atoms with Gasteiger partial charge in [0.1, 0.15) is 5.75 Å². The molecule has 1 heterocycles. The van der Waals surface area contributed by atoms with Gasteiger partial charge in [-0.05, 0) is 29.8 Å². The van der Waals surface area contributed by atoms with E-state index in [1.807, 2.05) is 54.6 Å². The summed E-state index contributed by atoms with van der Waals surface area (Å²) < 4.78 is 5.15. The Morgan fingerprint density at radius 2 is 2.08 bits per heavy atom. The Kier molecular flexibility index (Phi) is 5.64. The summed E-state index contributed by atoms with van der Waals surface area (Å²) in [6, 6.07) is 17.3. The fraction of sp³-hybridized carbons (Fsp3) is 0.105. The normalized spacial score (nSPS) is 10.9. The SMILES string of the molecule is COc1cccc(/C=N/NC(=O)CSc2cccc3cccnc23)c1. The summed E-state index contributed by atoms with van der Waals surface area (Å²) in [5.41, 5.74) is 4.29. The lowest BCUT2D eigenvalue weighted by molar-refractivity contribution is -0.118. The molecule has 6 heteroatoms. The van der Waals surface area contributed by atoms with E-state index >= 15 is 0 Å². The van der Waals surface area contributed by atoms with Gasteiger partial charge in [0.25, 0.3) is 0 Å². The first kappa shape index (κ1) is 17.0. The zero-order chi connectivity index (χ0) is 17.5. The zero-order valence-electron chi connectivity index (χ0n) is 13.7. The van der Waals surface area contributed by atoms with Gasteiger partial charge in [-0.2, -0.15) is 5.10 Å². The van der Waals surface area contributed by atoms with Gasteiger partial charge in [-0.15, -0.1) is 11.8 Å². The number of fused-ring (bicyclic) bond motifs is 1. The number of thioether (sulfide) groups is 1. The molecule has 0 fully saturated rings. The Bertz CT molecular complexity index is 907. The summed E-state index contributed by atoms with van der Waals surface area (Å²) in [6.45, 7) is 0. The van der Waals surface area contributed by atoms with Crippen LogP contribution in [0, 0.1) is 0 Å². The molecule has 2 aromatic carbocycles. The second kappa shape index (κ2) is 8.30. The van der Waals surface area contributed by atoms with Crippen molar-refractivity contribution in [2.24, 2.45) is 5.10 Å². The summed E-state index contributed by atoms with van der Waals surface area (Å²) in [4.78, 5) is 17.3. The number of hydrazone groups is 1. The number of rotatable bonds is 6. The molecule has 0 aliphatic rings. The smallest absolute Gasteiger partial charge is 0.250 e. The highest BCUT2D eigenvalue weighted by atomic mass is 32.2. The topological polar surface area (TPSA) is 63.6 Å². The molecule has 5 nitrogen and oxygen atoms in total. The quantitative estimate of drug-likeness (QED) is 0.419. The number of amides is 1. The Labute approximate surface area is 150 Å². The molecule has 1 aromatic heterocycles. The van der Waals surface area contributed by atoms with Crippen molar-refractivity contribution in [2.75, 3.05) is 12.9 Å². The van der Waals surface area contributed by atoms with E-state index in [9.17, 15) is 4.79 Å². The van der Waals surface area contributed by atoms with E-state index in [1.54, 1.807) is 19.5 Å². The standard InChI is InChI=1S/C19H17N3O2S/c1-24-16-8-2-5-14(11-16)12-21-22-18(23)13-25-17-9-3-6-15-7-4-10-20-19(15)17/h2-12H,13H2,1H3,(H,22,23)/b21-12+. The van der Waals surface area contributed by atoms with Gasteiger partial charge in [-0.3, -0.25) is 9.78 Å². The summed E-state index contributed by atoms with van der Waals surface area (Å²) in [5.74, 6) is 0.844. The Morgan fingerprint density at radius 1 is 1.24 bits per heavy atom. The van der Waals surface area contributed by atoms with Crippen LogP contribution in [0.1, 0.15) is 5.56 Å². The van der Waals surface area contributed by atoms with Crippen molar-refractivity contribution in [3.8, 4) is 5.75 Å². The van der Waals surface area contributed by atoms with Crippen molar-refractivity contribution in [3.05, 3.63) is 66.4 Å². The number of aromatic nitrogens is 1. The average molecular weight is 351 g/mol. The summed E-state index contributed by atoms with van der Waals surface area (Å²) in [6.07, 6.45) is 3.34. The molecule has 25 heavy (non-hydrogen) atoms. The number of benzene rings is 2. The number of pyridine rings is 1. The molecular formula is C19H17N3O2S. The number of carbonyl (C=O) groups excluding carboxylic acids is 1. The summed E-state index contributed by atoms with van der Waals surface area (Å²) in [5, 5.41) is 5.04. The number of hydrogen-bond acceptors (Lipinski definition) is 5. The Morgan fingerprint density at radius 3 is 2.96 bits per heavy atom. The molecular weight excluding hydrogens is 334 g/mol. The van der Waals surface area contributed by atoms with Crippen molar-refractivity contribution in [3.63, 3.8) is 0 Å². The van der Waals surface area contributed by atoms with Crippen LogP contribution < -0.4 is 10.2 Å². The van der Waals surface area contributed by atoms with E-state index in [2.05, 4.69) is 15.5 Å². The lowest BCUT2D eigenvalue weighted by atomic mass is 10.2. The monoisotopic (exact) mass is 351 g/mol. The molecule has 0 aliphatic carbocycles. The van der Waals surface area contributed by atoms with E-state index in [0.29, 0.717) is 0 Å². The van der Waals surface area contributed by atoms with Gasteiger partial charge in [-0.1, -0.05) is 30.3 Å². The first-order valence-corrected chi connectivity index (χ1v) is 8.67. The molecule has 0 saturated heterocycles. The minimum Gasteiger partial charge on any atom is -0.497 e. The lowest BCUT2D eigenvalue weighted by Crippen LogP contribution is -2.19. The minimum absolute atomic E-state index is 0.169. The van der Waals surface area contributed by atoms with Crippen LogP contribution in [0.4, 0.5) is 0 Å². The molecule has 0 radical (unpaired) electrons. The maximum absolute atomic E-state index is 12.0. The van der Waals surface area contributed by atoms with Crippen LogP contribution in [-0.2, 0) is 4.79 Å². The Hall–Kier alpha value is -2.86. The molecule has 0 unspecified atom stereocenters. The number of methoxy groups -OCH3 is 1. The largest absolute Gasteiger partial charge is 0.497 e. The van der Waals surface area contributed by atoms with Crippen molar-refractivity contribution >= 4 is 34.8 Å². The van der Waals surface area contributed by atoms with Crippen LogP contribution in [0.25, 0.3) is 10.9 Å². The number of carbonyl (C=O) groups is 1. The molecule has 0 saturated carbocycles. The fourth-order valence-corrected chi connectivity index (χ4v) is 3.10. The zero-order valence-corrected chi connectivity index (χ0v) is 14.5. The van der Waals surface area contributed by atoms with Gasteiger partial charge in [0.15, 0.2) is 0 Å². The molecule has 0 spiro atoms. The van der Waals surface area contributed by atoms with Crippen LogP contribution in [0.3, 0.4) is 0 Å². The lowest BCUT2D eigenvalue weighted by Gasteiger charge is -2.04. The fourth-order valence-electron chi connectivity index (χ4n) is 2.27. The number of ether oxygens (including phenoxy) is 1. The Balaban J connectivity index is 1.56. The van der Waals surface area contributed by atoms with Crippen LogP contribution in [0.15, 0.2) is 70.8 Å². The number of hydrogen-bond donors (Lipinski definition) is 1. The van der Waals surface area contributed by atoms with Gasteiger partial charge in [-0.25, -0.2) is 5.43 Å². The van der Waals surface area contributed by atoms with Crippen molar-refractivity contribution in [2.45, 2.75) is 4.90 Å². The maximum Gasteiger partial charge on any atom is 0.250 e. The third-order valence-corrected chi connectivity index (χ3v) is 4.50. The van der Waals surface area contributed by atoms with E-state index < -0.39 is 0 Å². The predicted molar refractivity (Wildman–Crippen MR) is 101 cm³/mol. The average Bonchev–Trinajstić information content (AvgIpc) is 2.66. The highest BCUT2D eigenvalue weighted by molar-refractivity contribution is 8.00. The molecule has 126 valence electrons. The molecule has 3 rings (SSSR count). The van der Waals surface area contributed by atoms with Crippen molar-refractivity contribution < 1.29 is 9.53 Å². The minimum atomic E-state index is -0.169. The number of nitrogens with one attached hydrogen (secondary N) is 1. The van der Waals surface area contributed by atoms with Gasteiger partial charge in [0.2, 0.25) is 5.91 Å².